The second kappa shape index (κ2) is 13.6. The second-order valence-electron chi connectivity index (χ2n) is 9.15. The smallest absolute Gasteiger partial charge is 0.231 e. The van der Waals surface area contributed by atoms with E-state index in [1.807, 2.05) is 38.2 Å². The van der Waals surface area contributed by atoms with Gasteiger partial charge in [0, 0.05) is 32.2 Å². The molecular formula is C29H35F2N7. The summed E-state index contributed by atoms with van der Waals surface area (Å²) in [6, 6.07) is 13.0. The number of benzene rings is 2. The van der Waals surface area contributed by atoms with Crippen LogP contribution in [0.15, 0.2) is 72.8 Å². The molecule has 0 bridgehead atoms. The molecule has 1 aliphatic heterocycles. The summed E-state index contributed by atoms with van der Waals surface area (Å²) in [6.07, 6.45) is 9.70. The molecule has 7 nitrogen and oxygen atoms in total. The van der Waals surface area contributed by atoms with Crippen molar-refractivity contribution in [3.05, 3.63) is 95.6 Å². The van der Waals surface area contributed by atoms with Crippen molar-refractivity contribution in [3.63, 3.8) is 0 Å². The summed E-state index contributed by atoms with van der Waals surface area (Å²) in [5.74, 6) is 1.14. The zero-order valence-corrected chi connectivity index (χ0v) is 21.9. The van der Waals surface area contributed by atoms with E-state index in [1.165, 1.54) is 24.3 Å². The third-order valence-corrected chi connectivity index (χ3v) is 6.44. The summed E-state index contributed by atoms with van der Waals surface area (Å²) in [5, 5.41) is 10.2. The minimum absolute atomic E-state index is 0.172. The lowest BCUT2D eigenvalue weighted by Crippen LogP contribution is -2.44. The van der Waals surface area contributed by atoms with E-state index < -0.39 is 0 Å². The third-order valence-electron chi connectivity index (χ3n) is 6.44. The van der Waals surface area contributed by atoms with E-state index in [9.17, 15) is 8.78 Å². The van der Waals surface area contributed by atoms with Gasteiger partial charge in [-0.15, -0.1) is 0 Å². The molecule has 200 valence electrons. The number of rotatable bonds is 11. The Bertz CT molecular complexity index is 1120. The van der Waals surface area contributed by atoms with Gasteiger partial charge in [-0.2, -0.15) is 15.0 Å². The van der Waals surface area contributed by atoms with Crippen LogP contribution in [0.5, 0.6) is 0 Å². The van der Waals surface area contributed by atoms with E-state index in [2.05, 4.69) is 35.8 Å². The van der Waals surface area contributed by atoms with Gasteiger partial charge in [0.2, 0.25) is 17.8 Å². The highest BCUT2D eigenvalue weighted by atomic mass is 19.1. The van der Waals surface area contributed by atoms with Crippen LogP contribution in [0.4, 0.5) is 26.6 Å². The van der Waals surface area contributed by atoms with Crippen LogP contribution < -0.4 is 20.9 Å². The van der Waals surface area contributed by atoms with Crippen LogP contribution in [-0.4, -0.2) is 47.2 Å². The van der Waals surface area contributed by atoms with Crippen molar-refractivity contribution in [2.45, 2.75) is 38.8 Å². The van der Waals surface area contributed by atoms with Gasteiger partial charge in [0.05, 0.1) is 6.04 Å². The lowest BCUT2D eigenvalue weighted by Gasteiger charge is -2.35. The van der Waals surface area contributed by atoms with Crippen molar-refractivity contribution < 1.29 is 8.78 Å². The van der Waals surface area contributed by atoms with E-state index in [-0.39, 0.29) is 23.7 Å². The van der Waals surface area contributed by atoms with E-state index in [0.29, 0.717) is 30.9 Å². The molecule has 1 aliphatic rings. The lowest BCUT2D eigenvalue weighted by atomic mass is 9.95. The maximum Gasteiger partial charge on any atom is 0.231 e. The maximum atomic E-state index is 13.6. The summed E-state index contributed by atoms with van der Waals surface area (Å²) in [6.45, 7) is 6.75. The van der Waals surface area contributed by atoms with Gasteiger partial charge < -0.3 is 20.9 Å². The highest BCUT2D eigenvalue weighted by molar-refractivity contribution is 5.45. The predicted octanol–water partition coefficient (Wildman–Crippen LogP) is 5.47. The average Bonchev–Trinajstić information content (AvgIpc) is 2.93. The van der Waals surface area contributed by atoms with Gasteiger partial charge in [-0.25, -0.2) is 8.78 Å². The number of allylic oxidation sites excluding steroid dienone is 2. The van der Waals surface area contributed by atoms with Crippen molar-refractivity contribution in [2.75, 3.05) is 41.7 Å². The molecule has 3 aromatic rings. The molecule has 9 heteroatoms. The zero-order chi connectivity index (χ0) is 26.7. The standard InChI is InChI=1S/C29H35F2N7/c1-3-5-17-32-27-35-28(33-18-6-4-2)37-29(36-27)38-19-15-25(16-20-38)34-26(21-7-11-23(30)12-8-21)22-9-13-24(31)14-10-22/h3-14,25-26,34H,15-20H2,1-2H3,(H2,32,33,35,36,37)/b5-3+,6-4+. The summed E-state index contributed by atoms with van der Waals surface area (Å²) in [4.78, 5) is 16.0. The number of piperidine rings is 1. The summed E-state index contributed by atoms with van der Waals surface area (Å²) in [5.41, 5.74) is 1.87. The first-order valence-corrected chi connectivity index (χ1v) is 13.0. The molecule has 4 rings (SSSR count). The van der Waals surface area contributed by atoms with Crippen LogP contribution in [0.1, 0.15) is 43.9 Å². The third kappa shape index (κ3) is 7.58. The van der Waals surface area contributed by atoms with E-state index in [0.717, 1.165) is 37.1 Å². The van der Waals surface area contributed by atoms with Crippen molar-refractivity contribution in [1.29, 1.82) is 0 Å². The topological polar surface area (TPSA) is 78.0 Å². The fraction of sp³-hybridized carbons (Fsp3) is 0.345. The fourth-order valence-corrected chi connectivity index (χ4v) is 4.38. The highest BCUT2D eigenvalue weighted by Crippen LogP contribution is 2.26. The molecule has 3 N–H and O–H groups in total. The summed E-state index contributed by atoms with van der Waals surface area (Å²) < 4.78 is 27.2. The van der Waals surface area contributed by atoms with Crippen LogP contribution in [0.2, 0.25) is 0 Å². The Morgan fingerprint density at radius 3 is 1.71 bits per heavy atom. The molecule has 38 heavy (non-hydrogen) atoms. The number of nitrogens with zero attached hydrogens (tertiary/aromatic N) is 4. The predicted molar refractivity (Wildman–Crippen MR) is 149 cm³/mol. The van der Waals surface area contributed by atoms with Crippen LogP contribution >= 0.6 is 0 Å². The minimum atomic E-state index is -0.281. The fourth-order valence-electron chi connectivity index (χ4n) is 4.38. The largest absolute Gasteiger partial charge is 0.351 e. The number of hydrogen-bond donors (Lipinski definition) is 3. The summed E-state index contributed by atoms with van der Waals surface area (Å²) in [7, 11) is 0. The molecular weight excluding hydrogens is 484 g/mol. The van der Waals surface area contributed by atoms with Crippen LogP contribution in [0, 0.1) is 11.6 Å². The molecule has 2 aromatic carbocycles. The number of halogens is 2. The van der Waals surface area contributed by atoms with Crippen LogP contribution in [0.3, 0.4) is 0 Å². The molecule has 1 saturated heterocycles. The number of nitrogens with one attached hydrogen (secondary N) is 3. The molecule has 1 fully saturated rings. The zero-order valence-electron chi connectivity index (χ0n) is 21.9. The maximum absolute atomic E-state index is 13.6. The van der Waals surface area contributed by atoms with Gasteiger partial charge in [-0.3, -0.25) is 0 Å². The summed E-state index contributed by atoms with van der Waals surface area (Å²) >= 11 is 0. The Hall–Kier alpha value is -3.85. The van der Waals surface area contributed by atoms with Crippen LogP contribution in [0.25, 0.3) is 0 Å². The van der Waals surface area contributed by atoms with E-state index in [4.69, 9.17) is 0 Å². The molecule has 0 atom stereocenters. The quantitative estimate of drug-likeness (QED) is 0.290. The highest BCUT2D eigenvalue weighted by Gasteiger charge is 2.25. The van der Waals surface area contributed by atoms with Gasteiger partial charge >= 0.3 is 0 Å². The molecule has 0 saturated carbocycles. The van der Waals surface area contributed by atoms with E-state index in [1.54, 1.807) is 24.3 Å². The first kappa shape index (κ1) is 27.2. The Labute approximate surface area is 223 Å². The van der Waals surface area contributed by atoms with Crippen molar-refractivity contribution in [2.24, 2.45) is 0 Å². The van der Waals surface area contributed by atoms with Gasteiger partial charge in [-0.05, 0) is 62.1 Å². The van der Waals surface area contributed by atoms with Gasteiger partial charge in [0.1, 0.15) is 11.6 Å². The Balaban J connectivity index is 1.46. The molecule has 0 amide bonds. The van der Waals surface area contributed by atoms with Gasteiger partial charge in [0.25, 0.3) is 0 Å². The van der Waals surface area contributed by atoms with Gasteiger partial charge in [-0.1, -0.05) is 48.6 Å². The van der Waals surface area contributed by atoms with Crippen LogP contribution in [-0.2, 0) is 0 Å². The lowest BCUT2D eigenvalue weighted by molar-refractivity contribution is 0.388. The van der Waals surface area contributed by atoms with E-state index >= 15 is 0 Å². The van der Waals surface area contributed by atoms with Gasteiger partial charge in [0.15, 0.2) is 0 Å². The second-order valence-corrected chi connectivity index (χ2v) is 9.15. The molecule has 0 aliphatic carbocycles. The first-order valence-electron chi connectivity index (χ1n) is 13.0. The molecule has 0 spiro atoms. The minimum Gasteiger partial charge on any atom is -0.351 e. The number of aromatic nitrogens is 3. The van der Waals surface area contributed by atoms with Crippen molar-refractivity contribution >= 4 is 17.8 Å². The monoisotopic (exact) mass is 519 g/mol. The Morgan fingerprint density at radius 2 is 1.26 bits per heavy atom. The van der Waals surface area contributed by atoms with Crippen molar-refractivity contribution in [3.8, 4) is 0 Å². The molecule has 1 aromatic heterocycles. The normalized spacial score (nSPS) is 14.6. The molecule has 0 unspecified atom stereocenters. The molecule has 0 radical (unpaired) electrons. The molecule has 2 heterocycles. The number of anilines is 3. The van der Waals surface area contributed by atoms with Crippen molar-refractivity contribution in [1.82, 2.24) is 20.3 Å². The Kier molecular flexibility index (Phi) is 9.75. The first-order chi connectivity index (χ1) is 18.6. The number of hydrogen-bond acceptors (Lipinski definition) is 7. The Morgan fingerprint density at radius 1 is 0.789 bits per heavy atom. The average molecular weight is 520 g/mol. The SMILES string of the molecule is C/C=C/CNc1nc(NC/C=C/C)nc(N2CCC(NC(c3ccc(F)cc3)c3ccc(F)cc3)CC2)n1.